The molecule has 0 aliphatic rings. The van der Waals surface area contributed by atoms with Gasteiger partial charge in [-0.15, -0.1) is 11.3 Å². The second kappa shape index (κ2) is 11.3. The summed E-state index contributed by atoms with van der Waals surface area (Å²) in [6, 6.07) is 13.3. The quantitative estimate of drug-likeness (QED) is 0.346. The minimum atomic E-state index is -0.256. The number of hydrogen-bond acceptors (Lipinski definition) is 7. The van der Waals surface area contributed by atoms with Gasteiger partial charge in [0.25, 0.3) is 5.56 Å². The van der Waals surface area contributed by atoms with Crippen LogP contribution in [0.15, 0.2) is 53.6 Å². The molecule has 0 atom stereocenters. The zero-order chi connectivity index (χ0) is 25.7. The Morgan fingerprint density at radius 2 is 1.83 bits per heavy atom. The van der Waals surface area contributed by atoms with Crippen molar-refractivity contribution in [2.75, 3.05) is 27.4 Å². The van der Waals surface area contributed by atoms with Gasteiger partial charge >= 0.3 is 0 Å². The van der Waals surface area contributed by atoms with Gasteiger partial charge in [0, 0.05) is 17.0 Å². The SMILES string of the molecule is CCOc1ccc(-c2c(C)sc3ncn(CC(=O)NCCc4ccc(OC)c(OC)c4)c(=O)c23)cc1. The summed E-state index contributed by atoms with van der Waals surface area (Å²) < 4.78 is 17.5. The summed E-state index contributed by atoms with van der Waals surface area (Å²) in [5, 5.41) is 3.41. The zero-order valence-corrected chi connectivity index (χ0v) is 21.6. The van der Waals surface area contributed by atoms with E-state index >= 15 is 0 Å². The lowest BCUT2D eigenvalue weighted by molar-refractivity contribution is -0.121. The van der Waals surface area contributed by atoms with E-state index in [1.54, 1.807) is 14.2 Å². The summed E-state index contributed by atoms with van der Waals surface area (Å²) in [5.74, 6) is 1.81. The second-order valence-corrected chi connectivity index (χ2v) is 9.34. The van der Waals surface area contributed by atoms with Crippen LogP contribution in [0.25, 0.3) is 21.3 Å². The predicted molar refractivity (Wildman–Crippen MR) is 141 cm³/mol. The topological polar surface area (TPSA) is 91.7 Å². The maximum Gasteiger partial charge on any atom is 0.263 e. The normalized spacial score (nSPS) is 10.9. The summed E-state index contributed by atoms with van der Waals surface area (Å²) >= 11 is 1.47. The Bertz CT molecular complexity index is 1430. The van der Waals surface area contributed by atoms with Crippen LogP contribution >= 0.6 is 11.3 Å². The van der Waals surface area contributed by atoms with Crippen molar-refractivity contribution in [3.05, 3.63) is 69.6 Å². The maximum atomic E-state index is 13.4. The maximum absolute atomic E-state index is 13.4. The number of methoxy groups -OCH3 is 2. The number of amides is 1. The Morgan fingerprint density at radius 1 is 1.08 bits per heavy atom. The fourth-order valence-corrected chi connectivity index (χ4v) is 5.08. The molecule has 36 heavy (non-hydrogen) atoms. The molecule has 0 bridgehead atoms. The van der Waals surface area contributed by atoms with E-state index in [0.29, 0.717) is 41.3 Å². The molecular formula is C27H29N3O5S. The molecule has 0 aliphatic carbocycles. The van der Waals surface area contributed by atoms with Crippen LogP contribution in [-0.2, 0) is 17.8 Å². The van der Waals surface area contributed by atoms with Crippen molar-refractivity contribution >= 4 is 27.5 Å². The number of hydrogen-bond donors (Lipinski definition) is 1. The molecule has 0 radical (unpaired) electrons. The third-order valence-corrected chi connectivity index (χ3v) is 6.82. The van der Waals surface area contributed by atoms with Crippen molar-refractivity contribution in [2.45, 2.75) is 26.8 Å². The number of ether oxygens (including phenoxy) is 3. The molecule has 2 aromatic heterocycles. The van der Waals surface area contributed by atoms with Crippen LogP contribution in [0.1, 0.15) is 17.4 Å². The fourth-order valence-electron chi connectivity index (χ4n) is 4.08. The van der Waals surface area contributed by atoms with E-state index in [-0.39, 0.29) is 18.0 Å². The number of nitrogens with zero attached hydrogens (tertiary/aromatic N) is 2. The van der Waals surface area contributed by atoms with Crippen molar-refractivity contribution in [3.8, 4) is 28.4 Å². The number of aromatic nitrogens is 2. The smallest absolute Gasteiger partial charge is 0.263 e. The molecule has 0 fully saturated rings. The zero-order valence-electron chi connectivity index (χ0n) is 20.8. The fraction of sp³-hybridized carbons (Fsp3) is 0.296. The number of benzene rings is 2. The summed E-state index contributed by atoms with van der Waals surface area (Å²) in [6.07, 6.45) is 2.06. The Kier molecular flexibility index (Phi) is 7.90. The lowest BCUT2D eigenvalue weighted by Gasteiger charge is -2.11. The van der Waals surface area contributed by atoms with Crippen LogP contribution in [0.4, 0.5) is 0 Å². The average molecular weight is 508 g/mol. The summed E-state index contributed by atoms with van der Waals surface area (Å²) in [7, 11) is 3.17. The first-order valence-electron chi connectivity index (χ1n) is 11.6. The van der Waals surface area contributed by atoms with Gasteiger partial charge in [-0.2, -0.15) is 0 Å². The number of rotatable bonds is 10. The van der Waals surface area contributed by atoms with Gasteiger partial charge in [-0.1, -0.05) is 18.2 Å². The standard InChI is InChI=1S/C27H29N3O5S/c1-5-35-20-9-7-19(8-10-20)24-17(2)36-26-25(24)27(32)30(16-29-26)15-23(31)28-13-12-18-6-11-21(33-3)22(14-18)34-4/h6-11,14,16H,5,12-13,15H2,1-4H3,(H,28,31). The third-order valence-electron chi connectivity index (χ3n) is 5.81. The predicted octanol–water partition coefficient (Wildman–Crippen LogP) is 4.21. The molecule has 4 rings (SSSR count). The number of carbonyl (C=O) groups excluding carboxylic acids is 1. The van der Waals surface area contributed by atoms with Crippen molar-refractivity contribution in [2.24, 2.45) is 0 Å². The first kappa shape index (κ1) is 25.2. The molecule has 0 aliphatic heterocycles. The minimum absolute atomic E-state index is 0.106. The van der Waals surface area contributed by atoms with Crippen LogP contribution in [0.3, 0.4) is 0 Å². The molecule has 1 amide bonds. The number of nitrogens with one attached hydrogen (secondary N) is 1. The second-order valence-electron chi connectivity index (χ2n) is 8.14. The average Bonchev–Trinajstić information content (AvgIpc) is 3.23. The molecule has 9 heteroatoms. The van der Waals surface area contributed by atoms with Crippen LogP contribution in [-0.4, -0.2) is 42.8 Å². The van der Waals surface area contributed by atoms with Crippen molar-refractivity contribution < 1.29 is 19.0 Å². The van der Waals surface area contributed by atoms with E-state index in [1.807, 2.05) is 56.3 Å². The number of fused-ring (bicyclic) bond motifs is 1. The highest BCUT2D eigenvalue weighted by molar-refractivity contribution is 7.19. The minimum Gasteiger partial charge on any atom is -0.494 e. The Hall–Kier alpha value is -3.85. The highest BCUT2D eigenvalue weighted by Crippen LogP contribution is 2.36. The summed E-state index contributed by atoms with van der Waals surface area (Å²) in [6.45, 7) is 4.82. The van der Waals surface area contributed by atoms with Crippen molar-refractivity contribution in [1.29, 1.82) is 0 Å². The van der Waals surface area contributed by atoms with Gasteiger partial charge in [0.15, 0.2) is 11.5 Å². The molecule has 4 aromatic rings. The monoisotopic (exact) mass is 507 g/mol. The lowest BCUT2D eigenvalue weighted by atomic mass is 10.0. The summed E-state index contributed by atoms with van der Waals surface area (Å²) in [5.41, 5.74) is 2.53. The van der Waals surface area contributed by atoms with Gasteiger partial charge < -0.3 is 19.5 Å². The molecule has 2 heterocycles. The Morgan fingerprint density at radius 3 is 2.53 bits per heavy atom. The molecule has 0 saturated heterocycles. The van der Waals surface area contributed by atoms with E-state index in [4.69, 9.17) is 14.2 Å². The number of carbonyl (C=O) groups is 1. The Labute approximate surface area is 213 Å². The van der Waals surface area contributed by atoms with Crippen LogP contribution < -0.4 is 25.1 Å². The highest BCUT2D eigenvalue weighted by Gasteiger charge is 2.18. The Balaban J connectivity index is 1.48. The third kappa shape index (κ3) is 5.36. The first-order valence-corrected chi connectivity index (χ1v) is 12.5. The van der Waals surface area contributed by atoms with Crippen molar-refractivity contribution in [1.82, 2.24) is 14.9 Å². The molecule has 1 N–H and O–H groups in total. The van der Waals surface area contributed by atoms with Crippen LogP contribution in [0.5, 0.6) is 17.2 Å². The van der Waals surface area contributed by atoms with E-state index in [0.717, 1.165) is 27.3 Å². The van der Waals surface area contributed by atoms with E-state index in [2.05, 4.69) is 10.3 Å². The van der Waals surface area contributed by atoms with Gasteiger partial charge in [-0.05, 0) is 55.7 Å². The molecule has 2 aromatic carbocycles. The number of aryl methyl sites for hydroxylation is 1. The summed E-state index contributed by atoms with van der Waals surface area (Å²) in [4.78, 5) is 32.1. The van der Waals surface area contributed by atoms with Gasteiger partial charge in [-0.25, -0.2) is 4.98 Å². The molecular weight excluding hydrogens is 478 g/mol. The first-order chi connectivity index (χ1) is 17.4. The van der Waals surface area contributed by atoms with Gasteiger partial charge in [0.1, 0.15) is 17.1 Å². The molecule has 0 spiro atoms. The van der Waals surface area contributed by atoms with E-state index in [1.165, 1.54) is 22.2 Å². The molecule has 8 nitrogen and oxygen atoms in total. The largest absolute Gasteiger partial charge is 0.494 e. The van der Waals surface area contributed by atoms with E-state index in [9.17, 15) is 9.59 Å². The molecule has 0 saturated carbocycles. The molecule has 0 unspecified atom stereocenters. The van der Waals surface area contributed by atoms with Gasteiger partial charge in [-0.3, -0.25) is 14.2 Å². The van der Waals surface area contributed by atoms with Gasteiger partial charge in [0.2, 0.25) is 5.91 Å². The molecule has 188 valence electrons. The van der Waals surface area contributed by atoms with Crippen LogP contribution in [0, 0.1) is 6.92 Å². The van der Waals surface area contributed by atoms with Crippen LogP contribution in [0.2, 0.25) is 0 Å². The number of thiophene rings is 1. The van der Waals surface area contributed by atoms with Gasteiger partial charge in [0.05, 0.1) is 32.5 Å². The van der Waals surface area contributed by atoms with Crippen molar-refractivity contribution in [3.63, 3.8) is 0 Å². The highest BCUT2D eigenvalue weighted by atomic mass is 32.1. The lowest BCUT2D eigenvalue weighted by Crippen LogP contribution is -2.33. The van der Waals surface area contributed by atoms with E-state index < -0.39 is 0 Å².